The molecule has 0 atom stereocenters. The Kier molecular flexibility index (Phi) is 6.35. The Morgan fingerprint density at radius 3 is 2.21 bits per heavy atom. The van der Waals surface area contributed by atoms with Gasteiger partial charge in [-0.25, -0.2) is 4.58 Å². The lowest BCUT2D eigenvalue weighted by atomic mass is 10.1. The zero-order valence-electron chi connectivity index (χ0n) is 17.3. The lowest BCUT2D eigenvalue weighted by Gasteiger charge is -2.12. The first-order valence-corrected chi connectivity index (χ1v) is 9.49. The van der Waals surface area contributed by atoms with Gasteiger partial charge in [-0.05, 0) is 53.1 Å². The van der Waals surface area contributed by atoms with Crippen molar-refractivity contribution >= 4 is 17.5 Å². The van der Waals surface area contributed by atoms with Crippen LogP contribution >= 0.6 is 0 Å². The van der Waals surface area contributed by atoms with E-state index in [1.807, 2.05) is 70.7 Å². The summed E-state index contributed by atoms with van der Waals surface area (Å²) in [5, 5.41) is 9.94. The fourth-order valence-electron chi connectivity index (χ4n) is 2.84. The van der Waals surface area contributed by atoms with Gasteiger partial charge in [-0.3, -0.25) is 0 Å². The highest BCUT2D eigenvalue weighted by atomic mass is 16.6. The highest BCUT2D eigenvalue weighted by Crippen LogP contribution is 2.21. The van der Waals surface area contributed by atoms with Crippen molar-refractivity contribution in [2.75, 3.05) is 33.1 Å². The van der Waals surface area contributed by atoms with Gasteiger partial charge >= 0.3 is 0 Å². The predicted octanol–water partition coefficient (Wildman–Crippen LogP) is 4.77. The van der Waals surface area contributed by atoms with Crippen molar-refractivity contribution in [3.8, 4) is 0 Å². The van der Waals surface area contributed by atoms with Crippen molar-refractivity contribution in [1.29, 1.82) is 0 Å². The van der Waals surface area contributed by atoms with Crippen molar-refractivity contribution in [1.82, 2.24) is 0 Å². The second kappa shape index (κ2) is 9.11. The zero-order chi connectivity index (χ0) is 20.8. The number of rotatable bonds is 4. The monoisotopic (exact) mass is 387 g/mol. The Labute approximate surface area is 172 Å². The molecule has 0 radical (unpaired) electrons. The number of hydrogen-bond acceptors (Lipinski definition) is 3. The maximum absolute atomic E-state index is 9.94. The minimum atomic E-state index is -0.113. The zero-order valence-corrected chi connectivity index (χ0v) is 17.3. The SMILES string of the molecule is CN(C)c1ccc(/C=C/C2=CC(=CC=C3C=CC(=[N+](C)C)C=C3)OC(O)=C2)cc1. The van der Waals surface area contributed by atoms with Crippen LogP contribution < -0.4 is 4.90 Å². The van der Waals surface area contributed by atoms with Crippen LogP contribution in [-0.2, 0) is 4.74 Å². The molecule has 0 saturated heterocycles. The van der Waals surface area contributed by atoms with Crippen LogP contribution in [-0.4, -0.2) is 43.6 Å². The van der Waals surface area contributed by atoms with Gasteiger partial charge in [0.1, 0.15) is 19.9 Å². The molecule has 2 aliphatic rings. The van der Waals surface area contributed by atoms with Gasteiger partial charge in [-0.1, -0.05) is 30.4 Å². The predicted molar refractivity (Wildman–Crippen MR) is 121 cm³/mol. The smallest absolute Gasteiger partial charge is 0.282 e. The van der Waals surface area contributed by atoms with Crippen molar-refractivity contribution in [2.24, 2.45) is 0 Å². The molecular weight excluding hydrogens is 360 g/mol. The molecule has 1 aliphatic heterocycles. The lowest BCUT2D eigenvalue weighted by molar-refractivity contribution is -0.462. The van der Waals surface area contributed by atoms with Crippen LogP contribution in [0.25, 0.3) is 6.08 Å². The van der Waals surface area contributed by atoms with Gasteiger partial charge in [0, 0.05) is 38.0 Å². The molecular formula is C25H27N2O2+. The average molecular weight is 388 g/mol. The quantitative estimate of drug-likeness (QED) is 0.756. The fraction of sp³-hybridized carbons (Fsp3) is 0.160. The molecule has 0 saturated carbocycles. The summed E-state index contributed by atoms with van der Waals surface area (Å²) in [6.07, 6.45) is 19.5. The molecule has 0 unspecified atom stereocenters. The summed E-state index contributed by atoms with van der Waals surface area (Å²) in [4.78, 5) is 2.07. The Bertz CT molecular complexity index is 989. The molecule has 148 valence electrons. The number of aliphatic hydroxyl groups excluding tert-OH is 1. The summed E-state index contributed by atoms with van der Waals surface area (Å²) in [5.41, 5.74) is 5.33. The Hall–Kier alpha value is -3.53. The third-order valence-electron chi connectivity index (χ3n) is 4.55. The van der Waals surface area contributed by atoms with Gasteiger partial charge in [0.25, 0.3) is 5.95 Å². The summed E-state index contributed by atoms with van der Waals surface area (Å²) in [6, 6.07) is 8.29. The van der Waals surface area contributed by atoms with Crippen LogP contribution in [0.5, 0.6) is 0 Å². The molecule has 1 N–H and O–H groups in total. The molecule has 3 rings (SSSR count). The summed E-state index contributed by atoms with van der Waals surface area (Å²) < 4.78 is 7.48. The average Bonchev–Trinajstić information content (AvgIpc) is 2.71. The van der Waals surface area contributed by atoms with E-state index in [0.29, 0.717) is 5.76 Å². The number of aliphatic hydroxyl groups is 1. The van der Waals surface area contributed by atoms with E-state index in [4.69, 9.17) is 4.74 Å². The minimum absolute atomic E-state index is 0.113. The number of ether oxygens (including phenoxy) is 1. The Morgan fingerprint density at radius 1 is 0.897 bits per heavy atom. The van der Waals surface area contributed by atoms with E-state index in [1.54, 1.807) is 6.08 Å². The van der Waals surface area contributed by atoms with E-state index in [0.717, 1.165) is 28.1 Å². The fourth-order valence-corrected chi connectivity index (χ4v) is 2.84. The van der Waals surface area contributed by atoms with E-state index in [2.05, 4.69) is 45.9 Å². The maximum atomic E-state index is 9.94. The minimum Gasteiger partial charge on any atom is -0.481 e. The van der Waals surface area contributed by atoms with Crippen molar-refractivity contribution < 1.29 is 14.4 Å². The van der Waals surface area contributed by atoms with Gasteiger partial charge < -0.3 is 14.7 Å². The second-order valence-electron chi connectivity index (χ2n) is 7.27. The van der Waals surface area contributed by atoms with E-state index < -0.39 is 0 Å². The van der Waals surface area contributed by atoms with Crippen LogP contribution in [0.4, 0.5) is 5.69 Å². The van der Waals surface area contributed by atoms with Crippen molar-refractivity contribution in [3.05, 3.63) is 107 Å². The molecule has 0 spiro atoms. The molecule has 0 bridgehead atoms. The number of anilines is 1. The molecule has 4 nitrogen and oxygen atoms in total. The largest absolute Gasteiger partial charge is 0.481 e. The van der Waals surface area contributed by atoms with E-state index in [-0.39, 0.29) is 5.95 Å². The van der Waals surface area contributed by atoms with Crippen LogP contribution in [0.3, 0.4) is 0 Å². The highest BCUT2D eigenvalue weighted by Gasteiger charge is 2.08. The summed E-state index contributed by atoms with van der Waals surface area (Å²) in [5.74, 6) is 0.474. The first-order chi connectivity index (χ1) is 13.9. The van der Waals surface area contributed by atoms with Crippen LogP contribution in [0, 0.1) is 0 Å². The van der Waals surface area contributed by atoms with Gasteiger partial charge in [0.05, 0.1) is 0 Å². The Morgan fingerprint density at radius 2 is 1.59 bits per heavy atom. The van der Waals surface area contributed by atoms with Crippen LogP contribution in [0.2, 0.25) is 0 Å². The first kappa shape index (κ1) is 20.2. The molecule has 0 aromatic heterocycles. The summed E-state index contributed by atoms with van der Waals surface area (Å²) in [6.45, 7) is 0. The topological polar surface area (TPSA) is 35.7 Å². The molecule has 4 heteroatoms. The highest BCUT2D eigenvalue weighted by molar-refractivity contribution is 6.02. The van der Waals surface area contributed by atoms with Crippen molar-refractivity contribution in [3.63, 3.8) is 0 Å². The Balaban J connectivity index is 1.74. The molecule has 1 heterocycles. The van der Waals surface area contributed by atoms with Gasteiger partial charge in [0.15, 0.2) is 5.71 Å². The molecule has 1 aliphatic carbocycles. The number of benzene rings is 1. The molecule has 0 amide bonds. The molecule has 0 fully saturated rings. The standard InChI is InChI=1S/C25H26N2O2/c1-26(2)22-12-7-19(8-13-22)5-6-21-17-24(29-25(28)18-21)16-11-20-9-14-23(15-10-20)27(3)4/h5-18H,1-4H3/p+1/b6-5+. The van der Waals surface area contributed by atoms with Gasteiger partial charge in [0.2, 0.25) is 0 Å². The van der Waals surface area contributed by atoms with Crippen molar-refractivity contribution in [2.45, 2.75) is 0 Å². The maximum Gasteiger partial charge on any atom is 0.282 e. The van der Waals surface area contributed by atoms with E-state index >= 15 is 0 Å². The van der Waals surface area contributed by atoms with Crippen LogP contribution in [0.15, 0.2) is 102 Å². The first-order valence-electron chi connectivity index (χ1n) is 9.49. The molecule has 1 aromatic rings. The lowest BCUT2D eigenvalue weighted by Crippen LogP contribution is -2.09. The van der Waals surface area contributed by atoms with E-state index in [1.165, 1.54) is 0 Å². The van der Waals surface area contributed by atoms with Crippen LogP contribution in [0.1, 0.15) is 5.56 Å². The molecule has 1 aromatic carbocycles. The second-order valence-corrected chi connectivity index (χ2v) is 7.27. The number of hydrogen-bond donors (Lipinski definition) is 1. The third-order valence-corrected chi connectivity index (χ3v) is 4.55. The summed E-state index contributed by atoms with van der Waals surface area (Å²) >= 11 is 0. The number of nitrogens with zero attached hydrogens (tertiary/aromatic N) is 2. The summed E-state index contributed by atoms with van der Waals surface area (Å²) in [7, 11) is 8.07. The molecule has 29 heavy (non-hydrogen) atoms. The van der Waals surface area contributed by atoms with Gasteiger partial charge in [-0.2, -0.15) is 0 Å². The third kappa shape index (κ3) is 5.72. The normalized spacial score (nSPS) is 17.3. The number of allylic oxidation sites excluding steroid dienone is 11. The van der Waals surface area contributed by atoms with E-state index in [9.17, 15) is 5.11 Å². The van der Waals surface area contributed by atoms with Gasteiger partial charge in [-0.15, -0.1) is 0 Å².